The van der Waals surface area contributed by atoms with E-state index in [9.17, 15) is 8.78 Å². The van der Waals surface area contributed by atoms with Gasteiger partial charge in [0.2, 0.25) is 0 Å². The molecule has 106 valence electrons. The van der Waals surface area contributed by atoms with Crippen LogP contribution < -0.4 is 5.32 Å². The maximum absolute atomic E-state index is 13.5. The summed E-state index contributed by atoms with van der Waals surface area (Å²) in [6.07, 6.45) is 0.632. The molecule has 1 N–H and O–H groups in total. The summed E-state index contributed by atoms with van der Waals surface area (Å²) in [6.45, 7) is 0. The fourth-order valence-corrected chi connectivity index (χ4v) is 3.07. The first-order valence-corrected chi connectivity index (χ1v) is 7.65. The van der Waals surface area contributed by atoms with E-state index < -0.39 is 0 Å². The molecule has 0 fully saturated rings. The molecule has 2 aromatic carbocycles. The fraction of sp³-hybridized carbons (Fsp3) is 0.200. The molecule has 0 saturated heterocycles. The lowest BCUT2D eigenvalue weighted by Crippen LogP contribution is -2.19. The monoisotopic (exact) mass is 403 g/mol. The predicted molar refractivity (Wildman–Crippen MR) is 83.7 cm³/mol. The van der Waals surface area contributed by atoms with Crippen molar-refractivity contribution in [2.75, 3.05) is 7.05 Å². The van der Waals surface area contributed by atoms with Gasteiger partial charge >= 0.3 is 0 Å². The Morgan fingerprint density at radius 3 is 2.40 bits per heavy atom. The average Bonchev–Trinajstić information content (AvgIpc) is 2.36. The van der Waals surface area contributed by atoms with Gasteiger partial charge in [-0.15, -0.1) is 0 Å². The summed E-state index contributed by atoms with van der Waals surface area (Å²) in [7, 11) is 1.82. The molecule has 0 radical (unpaired) electrons. The Labute approximate surface area is 133 Å². The highest BCUT2D eigenvalue weighted by molar-refractivity contribution is 9.10. The summed E-state index contributed by atoms with van der Waals surface area (Å²) in [5.41, 5.74) is 1.81. The van der Waals surface area contributed by atoms with Crippen molar-refractivity contribution in [2.24, 2.45) is 0 Å². The third-order valence-electron chi connectivity index (χ3n) is 3.07. The molecule has 20 heavy (non-hydrogen) atoms. The lowest BCUT2D eigenvalue weighted by Gasteiger charge is -2.18. The highest BCUT2D eigenvalue weighted by atomic mass is 79.9. The van der Waals surface area contributed by atoms with Crippen LogP contribution in [0, 0.1) is 11.6 Å². The Kier molecular flexibility index (Phi) is 5.29. The van der Waals surface area contributed by atoms with Crippen LogP contribution >= 0.6 is 31.9 Å². The van der Waals surface area contributed by atoms with Gasteiger partial charge in [-0.25, -0.2) is 8.78 Å². The van der Waals surface area contributed by atoms with E-state index in [2.05, 4.69) is 37.2 Å². The van der Waals surface area contributed by atoms with Crippen molar-refractivity contribution in [2.45, 2.75) is 12.5 Å². The van der Waals surface area contributed by atoms with Gasteiger partial charge in [-0.2, -0.15) is 0 Å². The standard InChI is InChI=1S/C15H13Br2F2N/c1-20-15(10-4-11(16)7-13(19)5-10)6-9-2-3-12(18)8-14(9)17/h2-5,7-8,15,20H,6H2,1H3. The van der Waals surface area contributed by atoms with Crippen LogP contribution in [0.1, 0.15) is 17.2 Å². The number of halogens is 4. The summed E-state index contributed by atoms with van der Waals surface area (Å²) in [4.78, 5) is 0. The van der Waals surface area contributed by atoms with Gasteiger partial charge in [0.1, 0.15) is 11.6 Å². The summed E-state index contributed by atoms with van der Waals surface area (Å²) >= 11 is 6.65. The van der Waals surface area contributed by atoms with Gasteiger partial charge in [0.25, 0.3) is 0 Å². The van der Waals surface area contributed by atoms with Crippen molar-refractivity contribution in [3.8, 4) is 0 Å². The molecule has 0 saturated carbocycles. The van der Waals surface area contributed by atoms with Gasteiger partial charge in [0, 0.05) is 15.0 Å². The molecule has 0 amide bonds. The lowest BCUT2D eigenvalue weighted by molar-refractivity contribution is 0.574. The summed E-state index contributed by atoms with van der Waals surface area (Å²) in [5, 5.41) is 3.16. The Morgan fingerprint density at radius 2 is 1.80 bits per heavy atom. The second kappa shape index (κ2) is 6.78. The topological polar surface area (TPSA) is 12.0 Å². The zero-order valence-corrected chi connectivity index (χ0v) is 13.9. The normalized spacial score (nSPS) is 12.4. The number of hydrogen-bond acceptors (Lipinski definition) is 1. The molecule has 0 heterocycles. The van der Waals surface area contributed by atoms with Gasteiger partial charge in [0.15, 0.2) is 0 Å². The van der Waals surface area contributed by atoms with Crippen LogP contribution in [0.4, 0.5) is 8.78 Å². The van der Waals surface area contributed by atoms with Gasteiger partial charge in [-0.3, -0.25) is 0 Å². The van der Waals surface area contributed by atoms with Crippen LogP contribution in [-0.4, -0.2) is 7.05 Å². The zero-order valence-electron chi connectivity index (χ0n) is 10.8. The third kappa shape index (κ3) is 3.87. The summed E-state index contributed by atoms with van der Waals surface area (Å²) in [6, 6.07) is 9.34. The van der Waals surface area contributed by atoms with E-state index in [0.29, 0.717) is 15.4 Å². The Morgan fingerprint density at radius 1 is 1.05 bits per heavy atom. The maximum Gasteiger partial charge on any atom is 0.124 e. The van der Waals surface area contributed by atoms with Crippen molar-refractivity contribution in [1.82, 2.24) is 5.32 Å². The molecule has 0 spiro atoms. The van der Waals surface area contributed by atoms with Crippen molar-refractivity contribution in [3.05, 3.63) is 68.1 Å². The van der Waals surface area contributed by atoms with E-state index in [-0.39, 0.29) is 17.7 Å². The minimum atomic E-state index is -0.284. The van der Waals surface area contributed by atoms with Gasteiger partial charge in [0.05, 0.1) is 0 Å². The van der Waals surface area contributed by atoms with Gasteiger partial charge < -0.3 is 5.32 Å². The van der Waals surface area contributed by atoms with Crippen LogP contribution in [0.15, 0.2) is 45.3 Å². The molecule has 1 atom stereocenters. The summed E-state index contributed by atoms with van der Waals surface area (Å²) in [5.74, 6) is -0.567. The molecular formula is C15H13Br2F2N. The van der Waals surface area contributed by atoms with Crippen LogP contribution in [-0.2, 0) is 6.42 Å². The molecule has 0 aliphatic rings. The van der Waals surface area contributed by atoms with Crippen molar-refractivity contribution >= 4 is 31.9 Å². The molecule has 1 nitrogen and oxygen atoms in total. The van der Waals surface area contributed by atoms with Gasteiger partial charge in [-0.1, -0.05) is 37.9 Å². The van der Waals surface area contributed by atoms with E-state index in [1.54, 1.807) is 6.07 Å². The molecule has 1 unspecified atom stereocenters. The maximum atomic E-state index is 13.5. The number of likely N-dealkylation sites (N-methyl/N-ethyl adjacent to an activating group) is 1. The molecule has 0 aromatic heterocycles. The van der Waals surface area contributed by atoms with Crippen LogP contribution in [0.5, 0.6) is 0 Å². The SMILES string of the molecule is CNC(Cc1ccc(F)cc1Br)c1cc(F)cc(Br)c1. The van der Waals surface area contributed by atoms with Crippen LogP contribution in [0.3, 0.4) is 0 Å². The first-order valence-electron chi connectivity index (χ1n) is 6.07. The van der Waals surface area contributed by atoms with Crippen molar-refractivity contribution < 1.29 is 8.78 Å². The predicted octanol–water partition coefficient (Wildman–Crippen LogP) is 4.99. The minimum Gasteiger partial charge on any atom is -0.313 e. The quantitative estimate of drug-likeness (QED) is 0.756. The Bertz CT molecular complexity index is 597. The molecule has 2 aromatic rings. The molecule has 2 rings (SSSR count). The van der Waals surface area contributed by atoms with Crippen LogP contribution in [0.2, 0.25) is 0 Å². The molecule has 5 heteroatoms. The molecular weight excluding hydrogens is 392 g/mol. The zero-order chi connectivity index (χ0) is 14.7. The highest BCUT2D eigenvalue weighted by Gasteiger charge is 2.14. The average molecular weight is 405 g/mol. The molecule has 0 bridgehead atoms. The van der Waals surface area contributed by atoms with Gasteiger partial charge in [-0.05, 0) is 54.9 Å². The number of hydrogen-bond donors (Lipinski definition) is 1. The largest absolute Gasteiger partial charge is 0.313 e. The molecule has 0 aliphatic carbocycles. The minimum absolute atomic E-state index is 0.0521. The van der Waals surface area contributed by atoms with Crippen molar-refractivity contribution in [1.29, 1.82) is 0 Å². The van der Waals surface area contributed by atoms with E-state index >= 15 is 0 Å². The fourth-order valence-electron chi connectivity index (χ4n) is 2.07. The van der Waals surface area contributed by atoms with Crippen LogP contribution in [0.25, 0.3) is 0 Å². The third-order valence-corrected chi connectivity index (χ3v) is 4.27. The van der Waals surface area contributed by atoms with E-state index in [1.807, 2.05) is 13.1 Å². The van der Waals surface area contributed by atoms with E-state index in [4.69, 9.17) is 0 Å². The summed E-state index contributed by atoms with van der Waals surface area (Å²) < 4.78 is 28.0. The smallest absolute Gasteiger partial charge is 0.124 e. The Hall–Kier alpha value is -0.780. The van der Waals surface area contributed by atoms with E-state index in [1.165, 1.54) is 24.3 Å². The Balaban J connectivity index is 2.28. The second-order valence-electron chi connectivity index (χ2n) is 4.48. The number of rotatable bonds is 4. The first-order chi connectivity index (χ1) is 9.49. The molecule has 0 aliphatic heterocycles. The van der Waals surface area contributed by atoms with E-state index in [0.717, 1.165) is 11.1 Å². The highest BCUT2D eigenvalue weighted by Crippen LogP contribution is 2.26. The lowest BCUT2D eigenvalue weighted by atomic mass is 9.99. The first kappa shape index (κ1) is 15.6. The number of nitrogens with one attached hydrogen (secondary N) is 1. The second-order valence-corrected chi connectivity index (χ2v) is 6.25. The number of benzene rings is 2. The van der Waals surface area contributed by atoms with Crippen molar-refractivity contribution in [3.63, 3.8) is 0 Å².